The molecule has 12 heavy (non-hydrogen) atoms. The van der Waals surface area contributed by atoms with Crippen molar-refractivity contribution in [1.82, 2.24) is 4.98 Å². The molecule has 0 aliphatic rings. The summed E-state index contributed by atoms with van der Waals surface area (Å²) in [6.07, 6.45) is 1.92. The van der Waals surface area contributed by atoms with Crippen LogP contribution in [-0.4, -0.2) is 11.0 Å². The van der Waals surface area contributed by atoms with Gasteiger partial charge in [0.25, 0.3) is 0 Å². The van der Waals surface area contributed by atoms with Gasteiger partial charge in [0.2, 0.25) is 5.95 Å². The van der Waals surface area contributed by atoms with Gasteiger partial charge in [0.05, 0.1) is 0 Å². The number of nitrogens with zero attached hydrogens (tertiary/aromatic N) is 1. The zero-order chi connectivity index (χ0) is 9.14. The predicted molar refractivity (Wildman–Crippen MR) is 49.2 cm³/mol. The Morgan fingerprint density at radius 1 is 1.75 bits per heavy atom. The second-order valence-corrected chi connectivity index (χ2v) is 3.60. The van der Waals surface area contributed by atoms with Crippen LogP contribution in [0.4, 0.5) is 4.39 Å². The van der Waals surface area contributed by atoms with E-state index in [2.05, 4.69) is 20.9 Å². The third kappa shape index (κ3) is 2.25. The fourth-order valence-electron chi connectivity index (χ4n) is 0.949. The van der Waals surface area contributed by atoms with Crippen molar-refractivity contribution in [3.63, 3.8) is 0 Å². The fourth-order valence-corrected chi connectivity index (χ4v) is 1.39. The van der Waals surface area contributed by atoms with Gasteiger partial charge in [-0.1, -0.05) is 15.9 Å². The van der Waals surface area contributed by atoms with Gasteiger partial charge in [0.1, 0.15) is 0 Å². The summed E-state index contributed by atoms with van der Waals surface area (Å²) in [5, 5.41) is 0. The molecule has 1 rings (SSSR count). The van der Waals surface area contributed by atoms with Crippen molar-refractivity contribution in [3.8, 4) is 0 Å². The lowest BCUT2D eigenvalue weighted by molar-refractivity contribution is 0.555. The molecule has 1 atom stereocenters. The molecule has 0 fully saturated rings. The number of halogens is 2. The van der Waals surface area contributed by atoms with Crippen molar-refractivity contribution in [3.05, 3.63) is 28.2 Å². The maximum absolute atomic E-state index is 13.0. The van der Waals surface area contributed by atoms with Crippen LogP contribution < -0.4 is 5.73 Å². The summed E-state index contributed by atoms with van der Waals surface area (Å²) in [6.45, 7) is 1.83. The first-order chi connectivity index (χ1) is 5.61. The number of rotatable bonds is 2. The van der Waals surface area contributed by atoms with E-state index in [1.807, 2.05) is 6.92 Å². The molecule has 0 bridgehead atoms. The summed E-state index contributed by atoms with van der Waals surface area (Å²) in [5.41, 5.74) is 6.10. The number of hydrogen-bond donors (Lipinski definition) is 1. The maximum Gasteiger partial charge on any atom is 0.217 e. The highest BCUT2D eigenvalue weighted by Crippen LogP contribution is 2.18. The van der Waals surface area contributed by atoms with Gasteiger partial charge in [-0.25, -0.2) is 4.98 Å². The van der Waals surface area contributed by atoms with Gasteiger partial charge in [0.15, 0.2) is 0 Å². The van der Waals surface area contributed by atoms with Crippen LogP contribution in [0, 0.1) is 5.95 Å². The molecule has 1 aromatic rings. The lowest BCUT2D eigenvalue weighted by atomic mass is 10.1. The van der Waals surface area contributed by atoms with Crippen LogP contribution in [0.5, 0.6) is 0 Å². The molecule has 0 aliphatic heterocycles. The smallest absolute Gasteiger partial charge is 0.217 e. The van der Waals surface area contributed by atoms with Crippen LogP contribution >= 0.6 is 15.9 Å². The first-order valence-electron chi connectivity index (χ1n) is 3.65. The van der Waals surface area contributed by atoms with Crippen LogP contribution in [0.2, 0.25) is 0 Å². The Balaban J connectivity index is 2.96. The molecule has 0 saturated carbocycles. The Hall–Kier alpha value is -0.480. The molecule has 2 nitrogen and oxygen atoms in total. The normalized spacial score (nSPS) is 13.0. The van der Waals surface area contributed by atoms with Crippen LogP contribution in [0.1, 0.15) is 12.5 Å². The van der Waals surface area contributed by atoms with Crippen LogP contribution in [0.25, 0.3) is 0 Å². The molecule has 4 heteroatoms. The Morgan fingerprint density at radius 2 is 2.42 bits per heavy atom. The summed E-state index contributed by atoms with van der Waals surface area (Å²) in [5.74, 6) is -0.443. The molecule has 0 aliphatic carbocycles. The SMILES string of the molecule is CC(N)Cc1c(Br)ccnc1F. The average Bonchev–Trinajstić information content (AvgIpc) is 1.97. The fraction of sp³-hybridized carbons (Fsp3) is 0.375. The number of hydrogen-bond acceptors (Lipinski definition) is 2. The highest BCUT2D eigenvalue weighted by molar-refractivity contribution is 9.10. The molecular formula is C8H10BrFN2. The van der Waals surface area contributed by atoms with E-state index >= 15 is 0 Å². The van der Waals surface area contributed by atoms with Crippen molar-refractivity contribution in [2.45, 2.75) is 19.4 Å². The number of aromatic nitrogens is 1. The number of nitrogens with two attached hydrogens (primary N) is 1. The quantitative estimate of drug-likeness (QED) is 0.792. The van der Waals surface area contributed by atoms with E-state index in [1.165, 1.54) is 6.20 Å². The lowest BCUT2D eigenvalue weighted by Crippen LogP contribution is -2.19. The van der Waals surface area contributed by atoms with Crippen molar-refractivity contribution in [2.75, 3.05) is 0 Å². The summed E-state index contributed by atoms with van der Waals surface area (Å²) < 4.78 is 13.7. The molecule has 0 aromatic carbocycles. The van der Waals surface area contributed by atoms with Crippen molar-refractivity contribution >= 4 is 15.9 Å². The van der Waals surface area contributed by atoms with Gasteiger partial charge in [0, 0.05) is 22.3 Å². The van der Waals surface area contributed by atoms with Crippen molar-refractivity contribution in [1.29, 1.82) is 0 Å². The van der Waals surface area contributed by atoms with Gasteiger partial charge in [-0.05, 0) is 19.4 Å². The topological polar surface area (TPSA) is 38.9 Å². The summed E-state index contributed by atoms with van der Waals surface area (Å²) >= 11 is 3.24. The summed E-state index contributed by atoms with van der Waals surface area (Å²) in [6, 6.07) is 1.65. The molecule has 0 radical (unpaired) electrons. The monoisotopic (exact) mass is 232 g/mol. The van der Waals surface area contributed by atoms with E-state index in [0.29, 0.717) is 12.0 Å². The summed E-state index contributed by atoms with van der Waals surface area (Å²) in [7, 11) is 0. The molecular weight excluding hydrogens is 223 g/mol. The molecule has 2 N–H and O–H groups in total. The molecule has 66 valence electrons. The Bertz CT molecular complexity index is 256. The van der Waals surface area contributed by atoms with E-state index in [9.17, 15) is 4.39 Å². The van der Waals surface area contributed by atoms with E-state index < -0.39 is 5.95 Å². The van der Waals surface area contributed by atoms with Gasteiger partial charge in [-0.3, -0.25) is 0 Å². The zero-order valence-electron chi connectivity index (χ0n) is 6.72. The molecule has 1 unspecified atom stereocenters. The highest BCUT2D eigenvalue weighted by Gasteiger charge is 2.08. The Kier molecular flexibility index (Phi) is 3.17. The van der Waals surface area contributed by atoms with Crippen LogP contribution in [0.15, 0.2) is 16.7 Å². The van der Waals surface area contributed by atoms with Gasteiger partial charge in [-0.2, -0.15) is 4.39 Å². The maximum atomic E-state index is 13.0. The second kappa shape index (κ2) is 3.96. The van der Waals surface area contributed by atoms with E-state index in [1.54, 1.807) is 6.07 Å². The van der Waals surface area contributed by atoms with Crippen molar-refractivity contribution in [2.24, 2.45) is 5.73 Å². The first-order valence-corrected chi connectivity index (χ1v) is 4.45. The van der Waals surface area contributed by atoms with Gasteiger partial charge in [-0.15, -0.1) is 0 Å². The lowest BCUT2D eigenvalue weighted by Gasteiger charge is -2.07. The van der Waals surface area contributed by atoms with Gasteiger partial charge >= 0.3 is 0 Å². The van der Waals surface area contributed by atoms with Crippen LogP contribution in [-0.2, 0) is 6.42 Å². The first kappa shape index (κ1) is 9.61. The van der Waals surface area contributed by atoms with E-state index in [4.69, 9.17) is 5.73 Å². The molecule has 1 heterocycles. The van der Waals surface area contributed by atoms with Crippen molar-refractivity contribution < 1.29 is 4.39 Å². The molecule has 0 spiro atoms. The highest BCUT2D eigenvalue weighted by atomic mass is 79.9. The molecule has 1 aromatic heterocycles. The molecule has 0 saturated heterocycles. The minimum atomic E-state index is -0.443. The molecule has 0 amide bonds. The average molecular weight is 233 g/mol. The minimum absolute atomic E-state index is 0.0556. The van der Waals surface area contributed by atoms with Gasteiger partial charge < -0.3 is 5.73 Å². The number of pyridine rings is 1. The van der Waals surface area contributed by atoms with Crippen LogP contribution in [0.3, 0.4) is 0 Å². The second-order valence-electron chi connectivity index (χ2n) is 2.74. The Labute approximate surface area is 79.1 Å². The Morgan fingerprint density at radius 3 is 2.92 bits per heavy atom. The predicted octanol–water partition coefficient (Wildman–Crippen LogP) is 1.87. The minimum Gasteiger partial charge on any atom is -0.328 e. The largest absolute Gasteiger partial charge is 0.328 e. The van der Waals surface area contributed by atoms with E-state index in [-0.39, 0.29) is 6.04 Å². The zero-order valence-corrected chi connectivity index (χ0v) is 8.31. The third-order valence-electron chi connectivity index (χ3n) is 1.47. The third-order valence-corrected chi connectivity index (χ3v) is 2.22. The summed E-state index contributed by atoms with van der Waals surface area (Å²) in [4.78, 5) is 3.54. The van der Waals surface area contributed by atoms with E-state index in [0.717, 1.165) is 4.47 Å². The standard InChI is InChI=1S/C8H10BrFN2/c1-5(11)4-6-7(9)2-3-12-8(6)10/h2-3,5H,4,11H2,1H3.